The second-order valence-electron chi connectivity index (χ2n) is 6.50. The lowest BCUT2D eigenvalue weighted by molar-refractivity contribution is 0.0468. The normalized spacial score (nSPS) is 16.9. The van der Waals surface area contributed by atoms with Crippen molar-refractivity contribution in [3.05, 3.63) is 17.5 Å². The molecule has 1 aliphatic rings. The van der Waals surface area contributed by atoms with E-state index in [2.05, 4.69) is 20.3 Å². The average Bonchev–Trinajstić information content (AvgIpc) is 3.08. The summed E-state index contributed by atoms with van der Waals surface area (Å²) in [4.78, 5) is 4.41. The second kappa shape index (κ2) is 12.3. The van der Waals surface area contributed by atoms with Gasteiger partial charge in [-0.1, -0.05) is 31.7 Å². The van der Waals surface area contributed by atoms with Gasteiger partial charge in [0.25, 0.3) is 0 Å². The standard InChI is InChI=1S/C18H32N4O3S2/c1-2-19-18(21-13-14-25-16-8-5-3-4-6-9-16)20-11-12-22-27(23,24)17-10-7-15-26-17/h7,10,15-16,22H,2-6,8-9,11-14H2,1H3,(H2,19,20,21). The molecule has 0 atom stereocenters. The number of aliphatic imine (C=N–C) groups is 1. The predicted molar refractivity (Wildman–Crippen MR) is 111 cm³/mol. The highest BCUT2D eigenvalue weighted by Gasteiger charge is 2.14. The molecule has 0 aromatic carbocycles. The fourth-order valence-corrected chi connectivity index (χ4v) is 5.04. The monoisotopic (exact) mass is 416 g/mol. The fourth-order valence-electron chi connectivity index (χ4n) is 2.98. The number of guanidine groups is 1. The molecule has 7 nitrogen and oxygen atoms in total. The fraction of sp³-hybridized carbons (Fsp3) is 0.722. The van der Waals surface area contributed by atoms with Crippen LogP contribution in [0.3, 0.4) is 0 Å². The molecule has 0 bridgehead atoms. The summed E-state index contributed by atoms with van der Waals surface area (Å²) in [5, 5.41) is 8.15. The maximum absolute atomic E-state index is 12.1. The molecule has 1 aliphatic carbocycles. The minimum atomic E-state index is -3.43. The lowest BCUT2D eigenvalue weighted by Gasteiger charge is -2.16. The number of ether oxygens (including phenoxy) is 1. The molecule has 0 saturated heterocycles. The van der Waals surface area contributed by atoms with E-state index in [1.165, 1.54) is 49.9 Å². The number of sulfonamides is 1. The van der Waals surface area contributed by atoms with Gasteiger partial charge >= 0.3 is 0 Å². The van der Waals surface area contributed by atoms with Gasteiger partial charge in [0.1, 0.15) is 4.21 Å². The first kappa shape index (κ1) is 22.1. The molecular weight excluding hydrogens is 384 g/mol. The van der Waals surface area contributed by atoms with Gasteiger partial charge in [-0.15, -0.1) is 11.3 Å². The van der Waals surface area contributed by atoms with Crippen LogP contribution in [0.15, 0.2) is 26.7 Å². The van der Waals surface area contributed by atoms with Crippen LogP contribution in [0.1, 0.15) is 45.4 Å². The van der Waals surface area contributed by atoms with E-state index < -0.39 is 10.0 Å². The van der Waals surface area contributed by atoms with Gasteiger partial charge in [-0.2, -0.15) is 0 Å². The quantitative estimate of drug-likeness (QED) is 0.236. The van der Waals surface area contributed by atoms with Crippen LogP contribution in [-0.4, -0.2) is 53.3 Å². The number of nitrogens with zero attached hydrogens (tertiary/aromatic N) is 1. The molecule has 0 radical (unpaired) electrons. The van der Waals surface area contributed by atoms with Crippen LogP contribution in [0.2, 0.25) is 0 Å². The summed E-state index contributed by atoms with van der Waals surface area (Å²) in [6.45, 7) is 4.71. The highest BCUT2D eigenvalue weighted by Crippen LogP contribution is 2.19. The Morgan fingerprint density at radius 1 is 1.22 bits per heavy atom. The minimum Gasteiger partial charge on any atom is -0.376 e. The van der Waals surface area contributed by atoms with Crippen LogP contribution in [0.4, 0.5) is 0 Å². The van der Waals surface area contributed by atoms with Crippen molar-refractivity contribution >= 4 is 27.3 Å². The summed E-state index contributed by atoms with van der Waals surface area (Å²) in [6, 6.07) is 3.32. The van der Waals surface area contributed by atoms with E-state index in [4.69, 9.17) is 4.74 Å². The van der Waals surface area contributed by atoms with E-state index in [0.717, 1.165) is 6.54 Å². The van der Waals surface area contributed by atoms with E-state index >= 15 is 0 Å². The molecule has 9 heteroatoms. The molecule has 0 aliphatic heterocycles. The number of hydrogen-bond acceptors (Lipinski definition) is 5. The second-order valence-corrected chi connectivity index (χ2v) is 9.44. The van der Waals surface area contributed by atoms with Crippen LogP contribution < -0.4 is 15.4 Å². The van der Waals surface area contributed by atoms with Crippen molar-refractivity contribution in [1.29, 1.82) is 0 Å². The zero-order valence-corrected chi connectivity index (χ0v) is 17.7. The Hall–Kier alpha value is -1.16. The summed E-state index contributed by atoms with van der Waals surface area (Å²) >= 11 is 1.20. The van der Waals surface area contributed by atoms with Crippen LogP contribution >= 0.6 is 11.3 Å². The molecule has 154 valence electrons. The first-order valence-electron chi connectivity index (χ1n) is 9.79. The first-order valence-corrected chi connectivity index (χ1v) is 12.1. The topological polar surface area (TPSA) is 91.8 Å². The Bertz CT molecular complexity index is 640. The molecule has 3 N–H and O–H groups in total. The number of thiophene rings is 1. The van der Waals surface area contributed by atoms with Crippen molar-refractivity contribution in [2.75, 3.05) is 32.8 Å². The molecule has 0 amide bonds. The maximum Gasteiger partial charge on any atom is 0.250 e. The smallest absolute Gasteiger partial charge is 0.250 e. The van der Waals surface area contributed by atoms with Gasteiger partial charge < -0.3 is 15.4 Å². The van der Waals surface area contributed by atoms with Crippen LogP contribution in [0.25, 0.3) is 0 Å². The lowest BCUT2D eigenvalue weighted by atomic mass is 10.1. The average molecular weight is 417 g/mol. The Balaban J connectivity index is 1.67. The van der Waals surface area contributed by atoms with Crippen LogP contribution in [0.5, 0.6) is 0 Å². The largest absolute Gasteiger partial charge is 0.376 e. The van der Waals surface area contributed by atoms with Crippen molar-refractivity contribution in [3.8, 4) is 0 Å². The maximum atomic E-state index is 12.1. The molecule has 0 spiro atoms. The Labute approximate surface area is 167 Å². The van der Waals surface area contributed by atoms with Crippen molar-refractivity contribution in [2.45, 2.75) is 55.8 Å². The van der Waals surface area contributed by atoms with Gasteiger partial charge in [0, 0.05) is 19.6 Å². The zero-order chi connectivity index (χ0) is 19.4. The molecule has 1 aromatic heterocycles. The Morgan fingerprint density at radius 2 is 2.00 bits per heavy atom. The Kier molecular flexibility index (Phi) is 10.1. The number of nitrogens with one attached hydrogen (secondary N) is 3. The first-order chi connectivity index (χ1) is 13.1. The van der Waals surface area contributed by atoms with Crippen molar-refractivity contribution in [3.63, 3.8) is 0 Å². The molecular formula is C18H32N4O3S2. The third-order valence-corrected chi connectivity index (χ3v) is 7.19. The van der Waals surface area contributed by atoms with Gasteiger partial charge in [-0.3, -0.25) is 4.99 Å². The van der Waals surface area contributed by atoms with E-state index in [0.29, 0.717) is 36.0 Å². The van der Waals surface area contributed by atoms with E-state index in [9.17, 15) is 8.42 Å². The number of rotatable bonds is 10. The summed E-state index contributed by atoms with van der Waals surface area (Å²) in [5.74, 6) is 0.678. The van der Waals surface area contributed by atoms with Crippen molar-refractivity contribution < 1.29 is 13.2 Å². The van der Waals surface area contributed by atoms with Gasteiger partial charge in [-0.25, -0.2) is 13.1 Å². The SMILES string of the molecule is CCNC(=NCCNS(=O)(=O)c1cccs1)NCCOC1CCCCCC1. The van der Waals surface area contributed by atoms with E-state index in [1.807, 2.05) is 6.92 Å². The Morgan fingerprint density at radius 3 is 2.67 bits per heavy atom. The van der Waals surface area contributed by atoms with Gasteiger partial charge in [0.15, 0.2) is 5.96 Å². The predicted octanol–water partition coefficient (Wildman–Crippen LogP) is 2.32. The van der Waals surface area contributed by atoms with E-state index in [1.54, 1.807) is 17.5 Å². The summed E-state index contributed by atoms with van der Waals surface area (Å²) in [6.07, 6.45) is 7.90. The molecule has 0 unspecified atom stereocenters. The van der Waals surface area contributed by atoms with E-state index in [-0.39, 0.29) is 6.54 Å². The van der Waals surface area contributed by atoms with Crippen molar-refractivity contribution in [2.24, 2.45) is 4.99 Å². The summed E-state index contributed by atoms with van der Waals surface area (Å²) in [7, 11) is -3.43. The van der Waals surface area contributed by atoms with Crippen molar-refractivity contribution in [1.82, 2.24) is 15.4 Å². The minimum absolute atomic E-state index is 0.259. The molecule has 1 heterocycles. The van der Waals surface area contributed by atoms with Gasteiger partial charge in [-0.05, 0) is 31.2 Å². The lowest BCUT2D eigenvalue weighted by Crippen LogP contribution is -2.40. The molecule has 1 fully saturated rings. The van der Waals surface area contributed by atoms with Gasteiger partial charge in [0.05, 0.1) is 19.3 Å². The third-order valence-electron chi connectivity index (χ3n) is 4.33. The van der Waals surface area contributed by atoms with Gasteiger partial charge in [0.2, 0.25) is 10.0 Å². The summed E-state index contributed by atoms with van der Waals surface area (Å²) < 4.78 is 33.0. The summed E-state index contributed by atoms with van der Waals surface area (Å²) in [5.41, 5.74) is 0. The third kappa shape index (κ3) is 8.59. The molecule has 1 aromatic rings. The molecule has 27 heavy (non-hydrogen) atoms. The number of hydrogen-bond donors (Lipinski definition) is 3. The van der Waals surface area contributed by atoms with Crippen LogP contribution in [0, 0.1) is 0 Å². The molecule has 2 rings (SSSR count). The highest BCUT2D eigenvalue weighted by molar-refractivity contribution is 7.91. The zero-order valence-electron chi connectivity index (χ0n) is 16.1. The van der Waals surface area contributed by atoms with Crippen LogP contribution in [-0.2, 0) is 14.8 Å². The highest BCUT2D eigenvalue weighted by atomic mass is 32.2. The molecule has 1 saturated carbocycles.